The minimum Gasteiger partial charge on any atom is -0.462 e. The van der Waals surface area contributed by atoms with Crippen LogP contribution in [0.1, 0.15) is 54.6 Å². The first-order chi connectivity index (χ1) is 17.4. The van der Waals surface area contributed by atoms with E-state index >= 15 is 0 Å². The number of esters is 1. The van der Waals surface area contributed by atoms with Crippen LogP contribution in [0.25, 0.3) is 11.1 Å². The highest BCUT2D eigenvalue weighted by atomic mass is 16.6. The summed E-state index contributed by atoms with van der Waals surface area (Å²) in [6.45, 7) is 3.87. The Morgan fingerprint density at radius 3 is 2.42 bits per heavy atom. The van der Waals surface area contributed by atoms with Gasteiger partial charge < -0.3 is 9.64 Å². The molecule has 1 amide bonds. The zero-order valence-corrected chi connectivity index (χ0v) is 20.3. The molecule has 0 aliphatic heterocycles. The summed E-state index contributed by atoms with van der Waals surface area (Å²) in [5.74, 6) is -0.910. The molecule has 0 saturated carbocycles. The van der Waals surface area contributed by atoms with Crippen molar-refractivity contribution in [2.75, 3.05) is 11.5 Å². The molecule has 0 fully saturated rings. The summed E-state index contributed by atoms with van der Waals surface area (Å²) in [5.41, 5.74) is 2.80. The molecular formula is C28H27N3O5. The van der Waals surface area contributed by atoms with Gasteiger partial charge in [0.1, 0.15) is 5.69 Å². The van der Waals surface area contributed by atoms with E-state index in [0.29, 0.717) is 12.0 Å². The molecule has 3 aromatic carbocycles. The molecule has 0 aliphatic carbocycles. The summed E-state index contributed by atoms with van der Waals surface area (Å²) in [6, 6.07) is 20.8. The topological polar surface area (TPSA) is 114 Å². The summed E-state index contributed by atoms with van der Waals surface area (Å²) in [4.78, 5) is 38.0. The third-order valence-electron chi connectivity index (χ3n) is 5.67. The van der Waals surface area contributed by atoms with E-state index in [-0.39, 0.29) is 42.4 Å². The molecule has 0 spiro atoms. The minimum absolute atomic E-state index is 0.0498. The number of unbranched alkanes of at least 4 members (excludes halogenated alkanes) is 1. The van der Waals surface area contributed by atoms with Crippen LogP contribution in [0.5, 0.6) is 0 Å². The van der Waals surface area contributed by atoms with E-state index in [4.69, 9.17) is 4.74 Å². The van der Waals surface area contributed by atoms with E-state index in [1.54, 1.807) is 19.1 Å². The van der Waals surface area contributed by atoms with Crippen LogP contribution in [0.2, 0.25) is 0 Å². The van der Waals surface area contributed by atoms with Gasteiger partial charge >= 0.3 is 5.97 Å². The van der Waals surface area contributed by atoms with Crippen LogP contribution in [0.3, 0.4) is 0 Å². The second-order valence-electron chi connectivity index (χ2n) is 8.12. The number of ether oxygens (including phenoxy) is 1. The van der Waals surface area contributed by atoms with Crippen molar-refractivity contribution >= 4 is 23.3 Å². The van der Waals surface area contributed by atoms with Crippen LogP contribution in [0.15, 0.2) is 66.7 Å². The van der Waals surface area contributed by atoms with Gasteiger partial charge in [0.2, 0.25) is 5.91 Å². The maximum Gasteiger partial charge on any atom is 0.338 e. The zero-order chi connectivity index (χ0) is 26.1. The Kier molecular flexibility index (Phi) is 8.89. The SMILES string of the molecule is CCCCC(=O)N(Cc1ccc(-c2ccccc2C#N)cc1)c1ccc(C(=O)OCC)cc1[N+](=O)[O-]. The lowest BCUT2D eigenvalue weighted by molar-refractivity contribution is -0.384. The number of nitro benzene ring substituents is 1. The van der Waals surface area contributed by atoms with Gasteiger partial charge in [-0.15, -0.1) is 0 Å². The lowest BCUT2D eigenvalue weighted by Crippen LogP contribution is -2.31. The largest absolute Gasteiger partial charge is 0.462 e. The number of carbonyl (C=O) groups is 2. The van der Waals surface area contributed by atoms with Crippen molar-refractivity contribution in [2.45, 2.75) is 39.7 Å². The monoisotopic (exact) mass is 485 g/mol. The fourth-order valence-electron chi connectivity index (χ4n) is 3.81. The number of hydrogen-bond donors (Lipinski definition) is 0. The molecule has 0 radical (unpaired) electrons. The number of anilines is 1. The molecule has 36 heavy (non-hydrogen) atoms. The van der Waals surface area contributed by atoms with E-state index in [2.05, 4.69) is 6.07 Å². The Hall–Kier alpha value is -4.51. The Balaban J connectivity index is 1.98. The third kappa shape index (κ3) is 6.13. The predicted molar refractivity (Wildman–Crippen MR) is 136 cm³/mol. The van der Waals surface area contributed by atoms with Gasteiger partial charge in [-0.1, -0.05) is 55.8 Å². The average molecular weight is 486 g/mol. The average Bonchev–Trinajstić information content (AvgIpc) is 2.90. The first-order valence-corrected chi connectivity index (χ1v) is 11.7. The second-order valence-corrected chi connectivity index (χ2v) is 8.12. The molecule has 184 valence electrons. The molecule has 3 rings (SSSR count). The Morgan fingerprint density at radius 2 is 1.78 bits per heavy atom. The molecule has 0 atom stereocenters. The van der Waals surface area contributed by atoms with E-state index in [9.17, 15) is 25.0 Å². The van der Waals surface area contributed by atoms with Crippen molar-refractivity contribution in [1.29, 1.82) is 5.26 Å². The number of benzene rings is 3. The Labute approximate surface area is 209 Å². The number of hydrogen-bond acceptors (Lipinski definition) is 6. The molecule has 0 heterocycles. The van der Waals surface area contributed by atoms with E-state index in [0.717, 1.165) is 29.2 Å². The fraction of sp³-hybridized carbons (Fsp3) is 0.250. The maximum atomic E-state index is 13.2. The van der Waals surface area contributed by atoms with Crippen molar-refractivity contribution in [3.05, 3.63) is 93.5 Å². The fourth-order valence-corrected chi connectivity index (χ4v) is 3.81. The van der Waals surface area contributed by atoms with Crippen LogP contribution in [0.4, 0.5) is 11.4 Å². The van der Waals surface area contributed by atoms with Gasteiger partial charge in [0.25, 0.3) is 5.69 Å². The van der Waals surface area contributed by atoms with Crippen LogP contribution < -0.4 is 4.90 Å². The molecule has 8 nitrogen and oxygen atoms in total. The molecule has 0 unspecified atom stereocenters. The molecular weight excluding hydrogens is 458 g/mol. The second kappa shape index (κ2) is 12.3. The normalized spacial score (nSPS) is 10.4. The highest BCUT2D eigenvalue weighted by molar-refractivity contribution is 5.97. The van der Waals surface area contributed by atoms with Crippen molar-refractivity contribution in [3.63, 3.8) is 0 Å². The van der Waals surface area contributed by atoms with Gasteiger partial charge in [-0.2, -0.15) is 5.26 Å². The Bertz CT molecular complexity index is 1300. The van der Waals surface area contributed by atoms with Crippen LogP contribution in [0, 0.1) is 21.4 Å². The van der Waals surface area contributed by atoms with Crippen LogP contribution >= 0.6 is 0 Å². The molecule has 0 bridgehead atoms. The summed E-state index contributed by atoms with van der Waals surface area (Å²) in [6.07, 6.45) is 1.69. The quantitative estimate of drug-likeness (QED) is 0.197. The molecule has 0 aromatic heterocycles. The number of carbonyl (C=O) groups excluding carboxylic acids is 2. The van der Waals surface area contributed by atoms with Crippen molar-refractivity contribution in [2.24, 2.45) is 0 Å². The van der Waals surface area contributed by atoms with Gasteiger partial charge in [0.15, 0.2) is 0 Å². The van der Waals surface area contributed by atoms with E-state index < -0.39 is 10.9 Å². The molecule has 0 N–H and O–H groups in total. The molecule has 0 saturated heterocycles. The van der Waals surface area contributed by atoms with Crippen molar-refractivity contribution in [3.8, 4) is 17.2 Å². The summed E-state index contributed by atoms with van der Waals surface area (Å²) in [7, 11) is 0. The lowest BCUT2D eigenvalue weighted by atomic mass is 9.99. The highest BCUT2D eigenvalue weighted by Gasteiger charge is 2.26. The lowest BCUT2D eigenvalue weighted by Gasteiger charge is -2.23. The smallest absolute Gasteiger partial charge is 0.338 e. The van der Waals surface area contributed by atoms with Gasteiger partial charge in [0.05, 0.1) is 35.3 Å². The highest BCUT2D eigenvalue weighted by Crippen LogP contribution is 2.32. The number of nitro groups is 1. The van der Waals surface area contributed by atoms with Crippen molar-refractivity contribution in [1.82, 2.24) is 0 Å². The van der Waals surface area contributed by atoms with E-state index in [1.165, 1.54) is 17.0 Å². The number of amides is 1. The maximum absolute atomic E-state index is 13.2. The van der Waals surface area contributed by atoms with Gasteiger partial charge in [-0.25, -0.2) is 4.79 Å². The molecule has 3 aromatic rings. The van der Waals surface area contributed by atoms with Gasteiger partial charge in [-0.3, -0.25) is 14.9 Å². The molecule has 8 heteroatoms. The van der Waals surface area contributed by atoms with Crippen LogP contribution in [-0.2, 0) is 16.1 Å². The minimum atomic E-state index is -0.663. The van der Waals surface area contributed by atoms with Crippen molar-refractivity contribution < 1.29 is 19.2 Å². The first kappa shape index (κ1) is 26.1. The summed E-state index contributed by atoms with van der Waals surface area (Å²) >= 11 is 0. The summed E-state index contributed by atoms with van der Waals surface area (Å²) in [5, 5.41) is 21.3. The first-order valence-electron chi connectivity index (χ1n) is 11.7. The van der Waals surface area contributed by atoms with Gasteiger partial charge in [0, 0.05) is 12.5 Å². The number of nitrogens with zero attached hydrogens (tertiary/aromatic N) is 3. The standard InChI is InChI=1S/C28H27N3O5/c1-3-5-10-27(32)30(25-16-15-22(28(33)36-4-2)17-26(25)31(34)35)19-20-11-13-21(14-12-20)24-9-7-6-8-23(24)18-29/h6-9,11-17H,3-5,10,19H2,1-2H3. The zero-order valence-electron chi connectivity index (χ0n) is 20.3. The Morgan fingerprint density at radius 1 is 1.06 bits per heavy atom. The summed E-state index contributed by atoms with van der Waals surface area (Å²) < 4.78 is 4.96. The molecule has 0 aliphatic rings. The number of rotatable bonds is 10. The van der Waals surface area contributed by atoms with Crippen LogP contribution in [-0.4, -0.2) is 23.4 Å². The third-order valence-corrected chi connectivity index (χ3v) is 5.67. The van der Waals surface area contributed by atoms with E-state index in [1.807, 2.05) is 43.3 Å². The predicted octanol–water partition coefficient (Wildman–Crippen LogP) is 6.03. The van der Waals surface area contributed by atoms with Gasteiger partial charge in [-0.05, 0) is 48.2 Å². The number of nitriles is 1.